The van der Waals surface area contributed by atoms with Crippen molar-refractivity contribution in [1.82, 2.24) is 9.62 Å². The number of piperidine rings is 1. The summed E-state index contributed by atoms with van der Waals surface area (Å²) < 4.78 is 39.8. The largest absolute Gasteiger partial charge is 0.508 e. The Kier molecular flexibility index (Phi) is 6.68. The first-order valence-electron chi connectivity index (χ1n) is 9.38. The second-order valence-electron chi connectivity index (χ2n) is 6.97. The highest BCUT2D eigenvalue weighted by molar-refractivity contribution is 7.89. The minimum atomic E-state index is -3.84. The van der Waals surface area contributed by atoms with E-state index in [4.69, 9.17) is 0 Å². The van der Waals surface area contributed by atoms with Crippen molar-refractivity contribution in [3.63, 3.8) is 0 Å². The minimum absolute atomic E-state index is 0.00139. The fraction of sp³-hybridized carbons (Fsp3) is 0.300. The number of rotatable bonds is 6. The molecule has 0 aliphatic carbocycles. The van der Waals surface area contributed by atoms with Crippen LogP contribution in [0.25, 0.3) is 0 Å². The van der Waals surface area contributed by atoms with Gasteiger partial charge in [-0.25, -0.2) is 12.8 Å². The number of amides is 2. The third kappa shape index (κ3) is 5.33. The summed E-state index contributed by atoms with van der Waals surface area (Å²) in [7, 11) is -3.84. The van der Waals surface area contributed by atoms with Crippen LogP contribution >= 0.6 is 0 Å². The van der Waals surface area contributed by atoms with Crippen molar-refractivity contribution in [3.8, 4) is 5.75 Å². The van der Waals surface area contributed by atoms with E-state index in [9.17, 15) is 27.5 Å². The molecule has 1 aliphatic heterocycles. The smallest absolute Gasteiger partial charge is 0.243 e. The fourth-order valence-electron chi connectivity index (χ4n) is 3.23. The average Bonchev–Trinajstić information content (AvgIpc) is 2.72. The predicted molar refractivity (Wildman–Crippen MR) is 108 cm³/mol. The summed E-state index contributed by atoms with van der Waals surface area (Å²) in [6.45, 7) is -0.0309. The van der Waals surface area contributed by atoms with Crippen LogP contribution in [0, 0.1) is 11.7 Å². The van der Waals surface area contributed by atoms with Gasteiger partial charge in [-0.05, 0) is 49.2 Å². The van der Waals surface area contributed by atoms with Crippen LogP contribution in [0.15, 0.2) is 53.4 Å². The summed E-state index contributed by atoms with van der Waals surface area (Å²) in [5.74, 6) is -2.02. The van der Waals surface area contributed by atoms with Crippen LogP contribution in [0.1, 0.15) is 12.8 Å². The van der Waals surface area contributed by atoms with Gasteiger partial charge in [0.15, 0.2) is 0 Å². The van der Waals surface area contributed by atoms with Crippen molar-refractivity contribution in [2.45, 2.75) is 17.7 Å². The van der Waals surface area contributed by atoms with Gasteiger partial charge < -0.3 is 15.7 Å². The third-order valence-electron chi connectivity index (χ3n) is 4.76. The van der Waals surface area contributed by atoms with E-state index in [1.807, 2.05) is 0 Å². The highest BCUT2D eigenvalue weighted by Crippen LogP contribution is 2.24. The molecule has 0 aromatic heterocycles. The zero-order valence-corrected chi connectivity index (χ0v) is 16.9. The molecule has 0 saturated carbocycles. The van der Waals surface area contributed by atoms with Gasteiger partial charge in [0.2, 0.25) is 21.8 Å². The number of phenolic OH excluding ortho intramolecular Hbond substituents is 1. The molecule has 1 heterocycles. The van der Waals surface area contributed by atoms with Gasteiger partial charge in [0.25, 0.3) is 0 Å². The van der Waals surface area contributed by atoms with Gasteiger partial charge in [0.05, 0.1) is 17.4 Å². The predicted octanol–water partition coefficient (Wildman–Crippen LogP) is 1.69. The Labute approximate surface area is 173 Å². The number of sulfonamides is 1. The lowest BCUT2D eigenvalue weighted by Crippen LogP contribution is -2.46. The maximum atomic E-state index is 13.1. The Hall–Kier alpha value is -2.98. The zero-order valence-electron chi connectivity index (χ0n) is 16.0. The quantitative estimate of drug-likeness (QED) is 0.639. The Bertz CT molecular complexity index is 1030. The second-order valence-corrected chi connectivity index (χ2v) is 8.91. The standard InChI is InChI=1S/C20H22FN3O5S/c21-15-6-8-18(9-7-15)30(28,29)24-10-2-3-14(13-24)20(27)22-12-19(26)23-16-4-1-5-17(25)11-16/h1,4-9,11,14,25H,2-3,10,12-13H2,(H,22,27)(H,23,26)/t14-/m1/s1. The lowest BCUT2D eigenvalue weighted by molar-refractivity contribution is -0.128. The molecule has 2 aromatic carbocycles. The molecule has 2 aromatic rings. The Morgan fingerprint density at radius 1 is 1.17 bits per heavy atom. The number of anilines is 1. The zero-order chi connectivity index (χ0) is 21.7. The van der Waals surface area contributed by atoms with Crippen molar-refractivity contribution < 1.29 is 27.5 Å². The Balaban J connectivity index is 1.56. The van der Waals surface area contributed by atoms with E-state index in [-0.39, 0.29) is 30.3 Å². The number of phenols is 1. The molecule has 1 aliphatic rings. The fourth-order valence-corrected chi connectivity index (χ4v) is 4.75. The molecule has 1 saturated heterocycles. The van der Waals surface area contributed by atoms with Crippen molar-refractivity contribution >= 4 is 27.5 Å². The maximum Gasteiger partial charge on any atom is 0.243 e. The molecule has 30 heavy (non-hydrogen) atoms. The van der Waals surface area contributed by atoms with E-state index in [1.54, 1.807) is 12.1 Å². The lowest BCUT2D eigenvalue weighted by atomic mass is 9.99. The van der Waals surface area contributed by atoms with E-state index >= 15 is 0 Å². The first-order chi connectivity index (χ1) is 14.3. The summed E-state index contributed by atoms with van der Waals surface area (Å²) >= 11 is 0. The highest BCUT2D eigenvalue weighted by atomic mass is 32.2. The van der Waals surface area contributed by atoms with Crippen molar-refractivity contribution in [3.05, 3.63) is 54.3 Å². The molecule has 8 nitrogen and oxygen atoms in total. The molecule has 3 N–H and O–H groups in total. The number of halogens is 1. The van der Waals surface area contributed by atoms with Crippen molar-refractivity contribution in [2.75, 3.05) is 25.0 Å². The SMILES string of the molecule is O=C(CNC(=O)[C@@H]1CCCN(S(=O)(=O)c2ccc(F)cc2)C1)Nc1cccc(O)c1. The molecule has 0 spiro atoms. The summed E-state index contributed by atoms with van der Waals surface area (Å²) in [6.07, 6.45) is 0.990. The van der Waals surface area contributed by atoms with Crippen LogP contribution in [0.5, 0.6) is 5.75 Å². The van der Waals surface area contributed by atoms with Crippen LogP contribution in [-0.2, 0) is 19.6 Å². The molecular weight excluding hydrogens is 413 g/mol. The van der Waals surface area contributed by atoms with Gasteiger partial charge in [-0.15, -0.1) is 0 Å². The Morgan fingerprint density at radius 2 is 1.90 bits per heavy atom. The van der Waals surface area contributed by atoms with Crippen molar-refractivity contribution in [2.24, 2.45) is 5.92 Å². The van der Waals surface area contributed by atoms with Crippen LogP contribution < -0.4 is 10.6 Å². The number of hydrogen-bond donors (Lipinski definition) is 3. The number of carbonyl (C=O) groups excluding carboxylic acids is 2. The average molecular weight is 435 g/mol. The molecule has 10 heteroatoms. The topological polar surface area (TPSA) is 116 Å². The monoisotopic (exact) mass is 435 g/mol. The lowest BCUT2D eigenvalue weighted by Gasteiger charge is -2.31. The van der Waals surface area contributed by atoms with Crippen LogP contribution in [0.4, 0.5) is 10.1 Å². The third-order valence-corrected chi connectivity index (χ3v) is 6.64. The molecule has 2 amide bonds. The molecule has 1 fully saturated rings. The molecule has 0 radical (unpaired) electrons. The van der Waals surface area contributed by atoms with Gasteiger partial charge in [0, 0.05) is 24.8 Å². The van der Waals surface area contributed by atoms with Gasteiger partial charge in [-0.1, -0.05) is 6.07 Å². The highest BCUT2D eigenvalue weighted by Gasteiger charge is 2.33. The summed E-state index contributed by atoms with van der Waals surface area (Å²) in [6, 6.07) is 10.5. The van der Waals surface area contributed by atoms with Gasteiger partial charge >= 0.3 is 0 Å². The molecule has 160 valence electrons. The number of nitrogens with one attached hydrogen (secondary N) is 2. The number of hydrogen-bond acceptors (Lipinski definition) is 5. The first-order valence-corrected chi connectivity index (χ1v) is 10.8. The normalized spacial score (nSPS) is 17.3. The summed E-state index contributed by atoms with van der Waals surface area (Å²) in [4.78, 5) is 24.4. The molecule has 1 atom stereocenters. The van der Waals surface area contributed by atoms with Gasteiger partial charge in [-0.2, -0.15) is 4.31 Å². The molecule has 0 unspecified atom stereocenters. The van der Waals surface area contributed by atoms with Crippen LogP contribution in [-0.4, -0.2) is 49.3 Å². The van der Waals surface area contributed by atoms with Crippen molar-refractivity contribution in [1.29, 1.82) is 0 Å². The van der Waals surface area contributed by atoms with E-state index in [0.29, 0.717) is 18.5 Å². The minimum Gasteiger partial charge on any atom is -0.508 e. The molecule has 3 rings (SSSR count). The Morgan fingerprint density at radius 3 is 2.60 bits per heavy atom. The second kappa shape index (κ2) is 9.23. The summed E-state index contributed by atoms with van der Waals surface area (Å²) in [5.41, 5.74) is 0.392. The van der Waals surface area contributed by atoms with Gasteiger partial charge in [-0.3, -0.25) is 9.59 Å². The van der Waals surface area contributed by atoms with Crippen LogP contribution in [0.2, 0.25) is 0 Å². The number of aromatic hydroxyl groups is 1. The van der Waals surface area contributed by atoms with E-state index in [2.05, 4.69) is 10.6 Å². The van der Waals surface area contributed by atoms with E-state index in [1.165, 1.54) is 28.6 Å². The number of nitrogens with zero attached hydrogens (tertiary/aromatic N) is 1. The van der Waals surface area contributed by atoms with Crippen LogP contribution in [0.3, 0.4) is 0 Å². The first kappa shape index (κ1) is 21.7. The van der Waals surface area contributed by atoms with E-state index in [0.717, 1.165) is 12.1 Å². The molecule has 0 bridgehead atoms. The number of benzene rings is 2. The van der Waals surface area contributed by atoms with Gasteiger partial charge in [0.1, 0.15) is 11.6 Å². The number of carbonyl (C=O) groups is 2. The molecular formula is C20H22FN3O5S. The van der Waals surface area contributed by atoms with E-state index < -0.39 is 33.6 Å². The maximum absolute atomic E-state index is 13.1. The summed E-state index contributed by atoms with van der Waals surface area (Å²) in [5, 5.41) is 14.5.